The van der Waals surface area contributed by atoms with Crippen LogP contribution in [-0.4, -0.2) is 17.6 Å². The topological polar surface area (TPSA) is 62.5 Å². The number of aromatic carboxylic acids is 1. The minimum atomic E-state index is -1.02. The van der Waals surface area contributed by atoms with E-state index in [4.69, 9.17) is 9.52 Å². The lowest BCUT2D eigenvalue weighted by molar-refractivity contribution is 0.0661. The van der Waals surface area contributed by atoms with Crippen LogP contribution in [0.2, 0.25) is 0 Å². The van der Waals surface area contributed by atoms with Crippen molar-refractivity contribution in [2.75, 3.05) is 6.54 Å². The van der Waals surface area contributed by atoms with Crippen LogP contribution in [-0.2, 0) is 6.54 Å². The molecule has 2 N–H and O–H groups in total. The summed E-state index contributed by atoms with van der Waals surface area (Å²) in [7, 11) is 0. The van der Waals surface area contributed by atoms with Gasteiger partial charge in [-0.15, -0.1) is 0 Å². The van der Waals surface area contributed by atoms with Gasteiger partial charge >= 0.3 is 5.97 Å². The van der Waals surface area contributed by atoms with E-state index in [0.29, 0.717) is 12.3 Å². The minimum Gasteiger partial charge on any atom is -0.475 e. The summed E-state index contributed by atoms with van der Waals surface area (Å²) in [4.78, 5) is 10.5. The molecular weight excluding hydrogens is 170 g/mol. The van der Waals surface area contributed by atoms with Gasteiger partial charge in [0.15, 0.2) is 0 Å². The van der Waals surface area contributed by atoms with E-state index < -0.39 is 5.97 Å². The van der Waals surface area contributed by atoms with Gasteiger partial charge in [-0.1, -0.05) is 6.92 Å². The van der Waals surface area contributed by atoms with Crippen molar-refractivity contribution in [3.05, 3.63) is 23.2 Å². The molecule has 0 aliphatic carbocycles. The highest BCUT2D eigenvalue weighted by molar-refractivity contribution is 5.84. The first-order chi connectivity index (χ1) is 6.15. The van der Waals surface area contributed by atoms with Gasteiger partial charge in [0, 0.05) is 12.1 Å². The molecule has 1 heterocycles. The largest absolute Gasteiger partial charge is 0.475 e. The molecule has 4 heteroatoms. The molecule has 1 rings (SSSR count). The van der Waals surface area contributed by atoms with Crippen molar-refractivity contribution < 1.29 is 14.3 Å². The minimum absolute atomic E-state index is 0.00500. The van der Waals surface area contributed by atoms with E-state index in [0.717, 1.165) is 12.1 Å². The Kier molecular flexibility index (Phi) is 3.08. The zero-order valence-electron chi connectivity index (χ0n) is 7.76. The molecule has 0 aliphatic heterocycles. The first kappa shape index (κ1) is 9.80. The van der Waals surface area contributed by atoms with Crippen LogP contribution in [0.5, 0.6) is 0 Å². The number of carboxylic acids is 1. The van der Waals surface area contributed by atoms with Crippen molar-refractivity contribution in [2.45, 2.75) is 20.4 Å². The van der Waals surface area contributed by atoms with Gasteiger partial charge in [0.1, 0.15) is 5.76 Å². The van der Waals surface area contributed by atoms with Crippen molar-refractivity contribution in [3.8, 4) is 0 Å². The maximum atomic E-state index is 10.5. The fourth-order valence-electron chi connectivity index (χ4n) is 1.06. The molecule has 0 saturated carbocycles. The Bertz CT molecular complexity index is 304. The van der Waals surface area contributed by atoms with Gasteiger partial charge in [-0.3, -0.25) is 0 Å². The second-order valence-electron chi connectivity index (χ2n) is 2.78. The summed E-state index contributed by atoms with van der Waals surface area (Å²) >= 11 is 0. The van der Waals surface area contributed by atoms with Crippen LogP contribution in [0.25, 0.3) is 0 Å². The van der Waals surface area contributed by atoms with Crippen molar-refractivity contribution in [3.63, 3.8) is 0 Å². The molecule has 0 amide bonds. The van der Waals surface area contributed by atoms with E-state index in [1.807, 2.05) is 6.92 Å². The van der Waals surface area contributed by atoms with Crippen molar-refractivity contribution in [1.29, 1.82) is 0 Å². The van der Waals surface area contributed by atoms with Gasteiger partial charge < -0.3 is 14.8 Å². The maximum absolute atomic E-state index is 10.5. The Hall–Kier alpha value is -1.29. The highest BCUT2D eigenvalue weighted by atomic mass is 16.4. The molecule has 0 saturated heterocycles. The highest BCUT2D eigenvalue weighted by Gasteiger charge is 2.11. The molecule has 4 nitrogen and oxygen atoms in total. The third-order valence-electron chi connectivity index (χ3n) is 1.80. The van der Waals surface area contributed by atoms with Gasteiger partial charge in [-0.2, -0.15) is 0 Å². The van der Waals surface area contributed by atoms with Gasteiger partial charge in [-0.05, 0) is 19.5 Å². The van der Waals surface area contributed by atoms with E-state index in [1.54, 1.807) is 13.0 Å². The van der Waals surface area contributed by atoms with Crippen LogP contribution in [0.4, 0.5) is 0 Å². The molecule has 1 aromatic rings. The standard InChI is InChI=1S/C9H13NO3/c1-3-10-5-7-4-8(9(11)12)13-6(7)2/h4,10H,3,5H2,1-2H3,(H,11,12). The number of carboxylic acid groups (broad SMARTS) is 1. The lowest BCUT2D eigenvalue weighted by atomic mass is 10.2. The number of nitrogens with one attached hydrogen (secondary N) is 1. The second-order valence-corrected chi connectivity index (χ2v) is 2.78. The molecule has 72 valence electrons. The number of aryl methyl sites for hydroxylation is 1. The lowest BCUT2D eigenvalue weighted by Crippen LogP contribution is -2.11. The molecule has 0 atom stereocenters. The fraction of sp³-hybridized carbons (Fsp3) is 0.444. The summed E-state index contributed by atoms with van der Waals surface area (Å²) in [6, 6.07) is 1.56. The quantitative estimate of drug-likeness (QED) is 0.740. The van der Waals surface area contributed by atoms with Crippen molar-refractivity contribution >= 4 is 5.97 Å². The molecular formula is C9H13NO3. The number of hydrogen-bond acceptors (Lipinski definition) is 3. The smallest absolute Gasteiger partial charge is 0.371 e. The van der Waals surface area contributed by atoms with Crippen LogP contribution in [0, 0.1) is 6.92 Å². The third kappa shape index (κ3) is 2.32. The highest BCUT2D eigenvalue weighted by Crippen LogP contribution is 2.14. The number of carbonyl (C=O) groups is 1. The first-order valence-corrected chi connectivity index (χ1v) is 4.18. The molecule has 13 heavy (non-hydrogen) atoms. The Balaban J connectivity index is 2.77. The predicted molar refractivity (Wildman–Crippen MR) is 47.8 cm³/mol. The zero-order valence-corrected chi connectivity index (χ0v) is 7.76. The molecule has 0 spiro atoms. The van der Waals surface area contributed by atoms with Gasteiger partial charge in [0.2, 0.25) is 5.76 Å². The Morgan fingerprint density at radius 1 is 1.69 bits per heavy atom. The summed E-state index contributed by atoms with van der Waals surface area (Å²) in [5, 5.41) is 11.7. The van der Waals surface area contributed by atoms with Crippen LogP contribution < -0.4 is 5.32 Å². The Labute approximate surface area is 76.6 Å². The molecule has 0 unspecified atom stereocenters. The Morgan fingerprint density at radius 2 is 2.38 bits per heavy atom. The summed E-state index contributed by atoms with van der Waals surface area (Å²) < 4.78 is 5.03. The number of rotatable bonds is 4. The summed E-state index contributed by atoms with van der Waals surface area (Å²) in [5.41, 5.74) is 0.902. The van der Waals surface area contributed by atoms with Gasteiger partial charge in [-0.25, -0.2) is 4.79 Å². The molecule has 0 radical (unpaired) electrons. The molecule has 0 aliphatic rings. The first-order valence-electron chi connectivity index (χ1n) is 4.18. The van der Waals surface area contributed by atoms with Crippen LogP contribution in [0.3, 0.4) is 0 Å². The van der Waals surface area contributed by atoms with E-state index in [2.05, 4.69) is 5.32 Å². The maximum Gasteiger partial charge on any atom is 0.371 e. The Morgan fingerprint density at radius 3 is 2.85 bits per heavy atom. The average molecular weight is 183 g/mol. The molecule has 0 bridgehead atoms. The van der Waals surface area contributed by atoms with E-state index in [9.17, 15) is 4.79 Å². The van der Waals surface area contributed by atoms with Crippen molar-refractivity contribution in [1.82, 2.24) is 5.32 Å². The van der Waals surface area contributed by atoms with Crippen LogP contribution in [0.15, 0.2) is 10.5 Å². The van der Waals surface area contributed by atoms with Crippen LogP contribution >= 0.6 is 0 Å². The molecule has 0 aromatic carbocycles. The van der Waals surface area contributed by atoms with Crippen LogP contribution in [0.1, 0.15) is 28.8 Å². The zero-order chi connectivity index (χ0) is 9.84. The van der Waals surface area contributed by atoms with Gasteiger partial charge in [0.25, 0.3) is 0 Å². The molecule has 1 aromatic heterocycles. The van der Waals surface area contributed by atoms with Crippen molar-refractivity contribution in [2.24, 2.45) is 0 Å². The lowest BCUT2D eigenvalue weighted by Gasteiger charge is -1.97. The second kappa shape index (κ2) is 4.09. The van der Waals surface area contributed by atoms with E-state index >= 15 is 0 Å². The fourth-order valence-corrected chi connectivity index (χ4v) is 1.06. The summed E-state index contributed by atoms with van der Waals surface area (Å²) in [6.07, 6.45) is 0. The normalized spacial score (nSPS) is 10.3. The average Bonchev–Trinajstić information content (AvgIpc) is 2.44. The number of hydrogen-bond donors (Lipinski definition) is 2. The van der Waals surface area contributed by atoms with E-state index in [-0.39, 0.29) is 5.76 Å². The third-order valence-corrected chi connectivity index (χ3v) is 1.80. The van der Waals surface area contributed by atoms with E-state index in [1.165, 1.54) is 0 Å². The SMILES string of the molecule is CCNCc1cc(C(=O)O)oc1C. The summed E-state index contributed by atoms with van der Waals surface area (Å²) in [5.74, 6) is -0.352. The number of furan rings is 1. The predicted octanol–water partition coefficient (Wildman–Crippen LogP) is 1.40. The molecule has 0 fully saturated rings. The van der Waals surface area contributed by atoms with Gasteiger partial charge in [0.05, 0.1) is 0 Å². The monoisotopic (exact) mass is 183 g/mol. The summed E-state index contributed by atoms with van der Waals surface area (Å²) in [6.45, 7) is 5.26.